The first-order valence-electron chi connectivity index (χ1n) is 40.3. The van der Waals surface area contributed by atoms with Gasteiger partial charge < -0.3 is 15.0 Å². The largest absolute Gasteiger partial charge is 0.462 e. The first-order valence-corrected chi connectivity index (χ1v) is 40.3. The number of hydrogen-bond donors (Lipinski definition) is 1. The highest BCUT2D eigenvalue weighted by Crippen LogP contribution is 2.36. The van der Waals surface area contributed by atoms with E-state index >= 15 is 0 Å². The summed E-state index contributed by atoms with van der Waals surface area (Å²) in [6.45, 7) is 20.1. The Morgan fingerprint density at radius 1 is 0.476 bits per heavy atom. The van der Waals surface area contributed by atoms with Gasteiger partial charge in [0.2, 0.25) is 27.6 Å². The van der Waals surface area contributed by atoms with Gasteiger partial charge in [0.1, 0.15) is 56.3 Å². The molecule has 40 heteroatoms. The zero-order chi connectivity index (χ0) is 89.3. The molecule has 0 atom stereocenters. The van der Waals surface area contributed by atoms with E-state index in [1.165, 1.54) is 55.0 Å². The van der Waals surface area contributed by atoms with Gasteiger partial charge in [0.05, 0.1) is 42.4 Å². The number of ketones is 5. The second kappa shape index (κ2) is 43.7. The Balaban J connectivity index is 0.000000156. The average molecular weight is 1700 g/mol. The van der Waals surface area contributed by atoms with E-state index in [0.29, 0.717) is 63.0 Å². The number of hydrogen-bond acceptors (Lipinski definition) is 35. The summed E-state index contributed by atoms with van der Waals surface area (Å²) in [6, 6.07) is 27.3. The first-order chi connectivity index (χ1) is 59.6. The third kappa shape index (κ3) is 23.2. The maximum Gasteiger partial charge on any atom is 0.341 e. The molecule has 15 rings (SSSR count). The molecule has 0 saturated heterocycles. The highest BCUT2D eigenvalue weighted by Gasteiger charge is 2.30. The van der Waals surface area contributed by atoms with E-state index in [1.54, 1.807) is 56.4 Å². The summed E-state index contributed by atoms with van der Waals surface area (Å²) >= 11 is 0. The zero-order valence-corrected chi connectivity index (χ0v) is 69.3. The molecule has 0 unspecified atom stereocenters. The third-order valence-electron chi connectivity index (χ3n) is 21.0. The molecule has 0 amide bonds. The van der Waals surface area contributed by atoms with Crippen LogP contribution in [0.5, 0.6) is 0 Å². The summed E-state index contributed by atoms with van der Waals surface area (Å²) in [7, 11) is 0. The van der Waals surface area contributed by atoms with E-state index in [2.05, 4.69) is 130 Å². The molecule has 2 aliphatic rings. The number of fused-ring (bicyclic) bond motifs is 6. The summed E-state index contributed by atoms with van der Waals surface area (Å²) < 4.78 is 28.0. The maximum atomic E-state index is 12.4. The van der Waals surface area contributed by atoms with Gasteiger partial charge >= 0.3 is 34.4 Å². The van der Waals surface area contributed by atoms with Crippen molar-refractivity contribution < 1.29 is 81.3 Å². The van der Waals surface area contributed by atoms with Gasteiger partial charge in [-0.05, 0) is 200 Å². The molecule has 0 spiro atoms. The van der Waals surface area contributed by atoms with Crippen molar-refractivity contribution in [1.29, 1.82) is 0 Å². The van der Waals surface area contributed by atoms with Crippen molar-refractivity contribution in [2.45, 2.75) is 165 Å². The number of nitro groups is 5. The lowest BCUT2D eigenvalue weighted by Crippen LogP contribution is -2.25. The van der Waals surface area contributed by atoms with E-state index in [-0.39, 0.29) is 157 Å². The van der Waals surface area contributed by atoms with Gasteiger partial charge in [-0.25, -0.2) is 27.9 Å². The standard InChI is InChI=1S/C21H31N3O2.C14H15N3O4.C14H9N3O4.C13H13N3O4.2C11H11N3O4/c1-6-24(7-2)11-9-10-22-20-17-13-15(4)12-16(5)19(17)23-14-18(20)21(25)26-8-3;2*18-12(9-4-2-1-3-5-9)8-10-6-7-11(17(19)20)14-13(10)15-21-16-14;17-11(8-3-1-2-4-8)7-9-5-6-10(16(18)19)13-12(9)14-20-15-13;1-6(2)9(15)5-7-3-4-8(14(16)17)11-10(7)12-18-13-11;1-2-3-8(15)6-7-4-5-9(14(16)17)11-10(7)12-18-13-11/h12-14H,6-11H2,1-5H3,(H,22,23);6-7,9H,1-5,8H2;1-7H,8H2;5-6,8H,1-4,7H2;3-4,6H,5H2,1-2H3;4-5H,2-3,6H2,1H3. The van der Waals surface area contributed by atoms with Gasteiger partial charge in [0.25, 0.3) is 0 Å². The van der Waals surface area contributed by atoms with Crippen LogP contribution in [0.2, 0.25) is 0 Å². The van der Waals surface area contributed by atoms with E-state index in [4.69, 9.17) is 4.74 Å². The van der Waals surface area contributed by atoms with Gasteiger partial charge in [-0.1, -0.05) is 109 Å². The molecule has 0 bridgehead atoms. The number of esters is 1. The Hall–Kier alpha value is -14.5. The SMILES string of the molecule is CC(C)C(=O)Cc1ccc([N+](=O)[O-])c2nonc12.CCCC(=O)Cc1ccc([N+](=O)[O-])c2nonc12.CCOC(=O)c1cnc2c(C)cc(C)cc2c1NCCCN(CC)CC.O=C(Cc1ccc([N+](=O)[O-])c2nonc12)C1CCCC1.O=C(Cc1ccc([N+](=O)[O-])c2nonc12)C1CCCCC1.O=C(Cc1ccc([N+](=O)[O-])c2nonc12)c1ccccc1. The molecule has 2 aliphatic carbocycles. The molecule has 40 nitrogen and oxygen atoms in total. The fourth-order valence-electron chi connectivity index (χ4n) is 14.5. The van der Waals surface area contributed by atoms with Crippen LogP contribution in [0.15, 0.2) is 132 Å². The second-order valence-electron chi connectivity index (χ2n) is 29.7. The predicted octanol–water partition coefficient (Wildman–Crippen LogP) is 15.9. The van der Waals surface area contributed by atoms with Crippen LogP contribution in [0.1, 0.15) is 178 Å². The summed E-state index contributed by atoms with van der Waals surface area (Å²) in [4.78, 5) is 131. The van der Waals surface area contributed by atoms with E-state index in [9.17, 15) is 79.3 Å². The van der Waals surface area contributed by atoms with Gasteiger partial charge in [-0.15, -0.1) is 0 Å². The molecule has 2 fully saturated rings. The fraction of sp³-hybridized carbons (Fsp3) is 0.393. The number of Topliss-reactive ketones (excluding diaryl/α,β-unsaturated/α-hetero) is 5. The molecular formula is C84H90N18O22. The highest BCUT2D eigenvalue weighted by atomic mass is 16.7. The quantitative estimate of drug-likeness (QED) is 0.0144. The Morgan fingerprint density at radius 2 is 0.855 bits per heavy atom. The monoisotopic (exact) mass is 1700 g/mol. The second-order valence-corrected chi connectivity index (χ2v) is 29.7. The zero-order valence-electron chi connectivity index (χ0n) is 69.3. The Morgan fingerprint density at radius 3 is 1.23 bits per heavy atom. The van der Waals surface area contributed by atoms with Crippen LogP contribution in [-0.2, 0) is 56.0 Å². The number of pyridine rings is 1. The number of anilines is 1. The number of nitrogens with zero attached hydrogens (tertiary/aromatic N) is 17. The summed E-state index contributed by atoms with van der Waals surface area (Å²) in [5.41, 5.74) is 9.15. The number of ether oxygens (including phenoxy) is 1. The topological polar surface area (TPSA) is 550 Å². The van der Waals surface area contributed by atoms with Gasteiger partial charge in [0, 0.05) is 110 Å². The minimum atomic E-state index is -0.560. The van der Waals surface area contributed by atoms with Crippen molar-refractivity contribution in [2.24, 2.45) is 17.8 Å². The number of aromatic nitrogens is 11. The van der Waals surface area contributed by atoms with Crippen LogP contribution in [0.25, 0.3) is 66.1 Å². The molecule has 648 valence electrons. The molecule has 0 aliphatic heterocycles. The Kier molecular flexibility index (Phi) is 32.3. The molecular weight excluding hydrogens is 1610 g/mol. The molecule has 7 aromatic carbocycles. The number of benzene rings is 7. The van der Waals surface area contributed by atoms with Crippen molar-refractivity contribution in [2.75, 3.05) is 38.1 Å². The maximum absolute atomic E-state index is 12.4. The third-order valence-corrected chi connectivity index (χ3v) is 21.0. The number of nitrogens with one attached hydrogen (secondary N) is 1. The van der Waals surface area contributed by atoms with Crippen LogP contribution < -0.4 is 5.32 Å². The van der Waals surface area contributed by atoms with Crippen LogP contribution in [0.3, 0.4) is 0 Å². The van der Waals surface area contributed by atoms with Crippen molar-refractivity contribution >= 4 is 135 Å². The predicted molar refractivity (Wildman–Crippen MR) is 448 cm³/mol. The van der Waals surface area contributed by atoms with Crippen molar-refractivity contribution in [3.05, 3.63) is 210 Å². The number of carbonyl (C=O) groups excluding carboxylic acids is 6. The lowest BCUT2D eigenvalue weighted by atomic mass is 9.84. The number of rotatable bonds is 30. The molecule has 6 heterocycles. The lowest BCUT2D eigenvalue weighted by Gasteiger charge is -2.20. The molecule has 13 aromatic rings. The molecule has 1 N–H and O–H groups in total. The number of nitro benzene ring substituents is 5. The van der Waals surface area contributed by atoms with Crippen molar-refractivity contribution in [3.63, 3.8) is 0 Å². The fourth-order valence-corrected chi connectivity index (χ4v) is 14.5. The molecule has 124 heavy (non-hydrogen) atoms. The normalized spacial score (nSPS) is 12.6. The van der Waals surface area contributed by atoms with E-state index < -0.39 is 24.6 Å². The van der Waals surface area contributed by atoms with Crippen LogP contribution >= 0.6 is 0 Å². The number of aryl methyl sites for hydroxylation is 2. The lowest BCUT2D eigenvalue weighted by molar-refractivity contribution is -0.383. The first kappa shape index (κ1) is 91.8. The van der Waals surface area contributed by atoms with Gasteiger partial charge in [-0.2, -0.15) is 0 Å². The van der Waals surface area contributed by atoms with Crippen LogP contribution in [0, 0.1) is 82.2 Å². The van der Waals surface area contributed by atoms with E-state index in [0.717, 1.165) is 118 Å². The highest BCUT2D eigenvalue weighted by molar-refractivity contribution is 6.06. The van der Waals surface area contributed by atoms with Gasteiger partial charge in [-0.3, -0.25) is 79.5 Å². The van der Waals surface area contributed by atoms with Gasteiger partial charge in [0.15, 0.2) is 5.78 Å². The average Bonchev–Trinajstić information content (AvgIpc) is 1.32. The summed E-state index contributed by atoms with van der Waals surface area (Å²) in [6.07, 6.45) is 14.1. The van der Waals surface area contributed by atoms with Crippen LogP contribution in [0.4, 0.5) is 34.1 Å². The number of non-ortho nitro benzene ring substituents is 5. The minimum absolute atomic E-state index is 0.0353. The Labute approximate surface area is 705 Å². The van der Waals surface area contributed by atoms with E-state index in [1.807, 2.05) is 19.9 Å². The Bertz CT molecular complexity index is 6040. The molecule has 2 saturated carbocycles. The summed E-state index contributed by atoms with van der Waals surface area (Å²) in [5.74, 6) is 0.123. The van der Waals surface area contributed by atoms with Crippen molar-refractivity contribution in [3.8, 4) is 0 Å². The number of carbonyl (C=O) groups is 6. The van der Waals surface area contributed by atoms with Crippen LogP contribution in [-0.4, -0.2) is 154 Å². The smallest absolute Gasteiger partial charge is 0.341 e. The minimum Gasteiger partial charge on any atom is -0.462 e. The molecule has 6 aromatic heterocycles. The molecule has 0 radical (unpaired) electrons. The summed E-state index contributed by atoms with van der Waals surface area (Å²) in [5, 5.41) is 94.8. The van der Waals surface area contributed by atoms with Crippen molar-refractivity contribution in [1.82, 2.24) is 61.5 Å².